The number of nitrogens with zero attached hydrogens (tertiary/aromatic N) is 3. The first-order chi connectivity index (χ1) is 11.6. The van der Waals surface area contributed by atoms with Crippen LogP contribution in [0.5, 0.6) is 0 Å². The van der Waals surface area contributed by atoms with Crippen molar-refractivity contribution in [3.05, 3.63) is 15.8 Å². The Morgan fingerprint density at radius 1 is 1.42 bits per heavy atom. The molecule has 2 aromatic rings. The number of hydrogen-bond acceptors (Lipinski definition) is 5. The van der Waals surface area contributed by atoms with Crippen LogP contribution in [-0.4, -0.2) is 32.5 Å². The van der Waals surface area contributed by atoms with Gasteiger partial charge in [0.2, 0.25) is 5.91 Å². The molecule has 4 rings (SSSR count). The molecule has 2 heterocycles. The second-order valence-electron chi connectivity index (χ2n) is 6.89. The van der Waals surface area contributed by atoms with Crippen molar-refractivity contribution in [2.75, 3.05) is 5.75 Å². The molecule has 5 nitrogen and oxygen atoms in total. The fourth-order valence-electron chi connectivity index (χ4n) is 3.17. The molecule has 2 aliphatic carbocycles. The predicted molar refractivity (Wildman–Crippen MR) is 97.4 cm³/mol. The fourth-order valence-corrected chi connectivity index (χ4v) is 5.13. The fraction of sp³-hybridized carbons (Fsp3) is 0.588. The predicted octanol–water partition coefficient (Wildman–Crippen LogP) is 3.04. The van der Waals surface area contributed by atoms with Crippen molar-refractivity contribution in [3.63, 3.8) is 0 Å². The first-order valence-corrected chi connectivity index (χ1v) is 10.4. The molecule has 1 unspecified atom stereocenters. The summed E-state index contributed by atoms with van der Waals surface area (Å²) >= 11 is 3.31. The maximum Gasteiger partial charge on any atom is 0.230 e. The Bertz CT molecular complexity index is 763. The highest BCUT2D eigenvalue weighted by molar-refractivity contribution is 7.99. The molecule has 0 aromatic carbocycles. The minimum atomic E-state index is 0.0916. The van der Waals surface area contributed by atoms with Gasteiger partial charge in [-0.2, -0.15) is 0 Å². The molecular formula is C17H22N4OS2. The summed E-state index contributed by atoms with van der Waals surface area (Å²) in [7, 11) is 1.99. The lowest BCUT2D eigenvalue weighted by molar-refractivity contribution is -0.118. The van der Waals surface area contributed by atoms with Gasteiger partial charge in [-0.05, 0) is 43.6 Å². The minimum Gasteiger partial charge on any atom is -0.353 e. The van der Waals surface area contributed by atoms with Crippen LogP contribution in [-0.2, 0) is 24.7 Å². The topological polar surface area (TPSA) is 59.8 Å². The molecule has 0 aliphatic heterocycles. The number of fused-ring (bicyclic) bond motifs is 1. The van der Waals surface area contributed by atoms with Gasteiger partial charge < -0.3 is 9.88 Å². The monoisotopic (exact) mass is 362 g/mol. The Labute approximate surface area is 150 Å². The number of amides is 1. The van der Waals surface area contributed by atoms with E-state index in [1.54, 1.807) is 0 Å². The highest BCUT2D eigenvalue weighted by atomic mass is 32.2. The van der Waals surface area contributed by atoms with E-state index in [2.05, 4.69) is 27.8 Å². The molecule has 128 valence electrons. The van der Waals surface area contributed by atoms with Crippen molar-refractivity contribution in [2.24, 2.45) is 13.0 Å². The summed E-state index contributed by atoms with van der Waals surface area (Å²) in [6, 6.07) is 0.410. The largest absolute Gasteiger partial charge is 0.353 e. The molecule has 0 radical (unpaired) electrons. The molecular weight excluding hydrogens is 340 g/mol. The van der Waals surface area contributed by atoms with Crippen LogP contribution in [0.25, 0.3) is 11.4 Å². The number of nitrogens with one attached hydrogen (secondary N) is 1. The lowest BCUT2D eigenvalue weighted by Crippen LogP contribution is -2.27. The van der Waals surface area contributed by atoms with E-state index in [0.29, 0.717) is 11.8 Å². The molecule has 7 heteroatoms. The Hall–Kier alpha value is -1.34. The van der Waals surface area contributed by atoms with Crippen LogP contribution in [0, 0.1) is 5.92 Å². The molecule has 2 aliphatic rings. The van der Waals surface area contributed by atoms with E-state index < -0.39 is 0 Å². The number of thioether (sulfide) groups is 1. The standard InChI is InChI=1S/C17H22N4OS2/c1-10-3-6-12-13(8-23-14(12)7-10)16-19-20-17(21(16)2)24-9-15(22)18-11-4-5-11/h8,10-11H,3-7,9H2,1-2H3,(H,18,22). The van der Waals surface area contributed by atoms with Crippen molar-refractivity contribution in [3.8, 4) is 11.4 Å². The van der Waals surface area contributed by atoms with Gasteiger partial charge in [-0.15, -0.1) is 21.5 Å². The number of aromatic nitrogens is 3. The van der Waals surface area contributed by atoms with E-state index >= 15 is 0 Å². The molecule has 1 N–H and O–H groups in total. The number of carbonyl (C=O) groups excluding carboxylic acids is 1. The summed E-state index contributed by atoms with van der Waals surface area (Å²) in [4.78, 5) is 13.4. The normalized spacial score (nSPS) is 20.0. The third-order valence-electron chi connectivity index (χ3n) is 4.75. The first-order valence-electron chi connectivity index (χ1n) is 8.53. The number of carbonyl (C=O) groups is 1. The molecule has 24 heavy (non-hydrogen) atoms. The van der Waals surface area contributed by atoms with E-state index in [-0.39, 0.29) is 5.91 Å². The van der Waals surface area contributed by atoms with Gasteiger partial charge in [0.15, 0.2) is 11.0 Å². The molecule has 1 fully saturated rings. The molecule has 1 amide bonds. The zero-order chi connectivity index (χ0) is 16.7. The van der Waals surface area contributed by atoms with Crippen LogP contribution < -0.4 is 5.32 Å². The molecule has 0 saturated heterocycles. The molecule has 2 aromatic heterocycles. The van der Waals surface area contributed by atoms with Crippen molar-refractivity contribution in [1.29, 1.82) is 0 Å². The van der Waals surface area contributed by atoms with E-state index in [0.717, 1.165) is 36.2 Å². The third-order valence-corrected chi connectivity index (χ3v) is 6.82. The molecule has 1 atom stereocenters. The maximum atomic E-state index is 11.8. The smallest absolute Gasteiger partial charge is 0.230 e. The van der Waals surface area contributed by atoms with Gasteiger partial charge >= 0.3 is 0 Å². The van der Waals surface area contributed by atoms with E-state index in [1.807, 2.05) is 23.0 Å². The van der Waals surface area contributed by atoms with Crippen molar-refractivity contribution in [1.82, 2.24) is 20.1 Å². The van der Waals surface area contributed by atoms with Gasteiger partial charge in [0.1, 0.15) is 0 Å². The maximum absolute atomic E-state index is 11.8. The van der Waals surface area contributed by atoms with Gasteiger partial charge in [0, 0.05) is 28.9 Å². The Morgan fingerprint density at radius 3 is 3.04 bits per heavy atom. The van der Waals surface area contributed by atoms with Crippen LogP contribution in [0.1, 0.15) is 36.6 Å². The quantitative estimate of drug-likeness (QED) is 0.831. The summed E-state index contributed by atoms with van der Waals surface area (Å²) in [6.07, 6.45) is 5.80. The van der Waals surface area contributed by atoms with Crippen LogP contribution in [0.15, 0.2) is 10.5 Å². The molecule has 0 spiro atoms. The van der Waals surface area contributed by atoms with Crippen molar-refractivity contribution >= 4 is 29.0 Å². The van der Waals surface area contributed by atoms with Crippen molar-refractivity contribution in [2.45, 2.75) is 50.2 Å². The van der Waals surface area contributed by atoms with Crippen LogP contribution in [0.2, 0.25) is 0 Å². The summed E-state index contributed by atoms with van der Waals surface area (Å²) in [5.41, 5.74) is 2.68. The van der Waals surface area contributed by atoms with Gasteiger partial charge in [-0.25, -0.2) is 0 Å². The second-order valence-corrected chi connectivity index (χ2v) is 8.80. The third kappa shape index (κ3) is 3.24. The van der Waals surface area contributed by atoms with Gasteiger partial charge in [0.05, 0.1) is 5.75 Å². The average Bonchev–Trinajstić information content (AvgIpc) is 3.16. The minimum absolute atomic E-state index is 0.0916. The van der Waals surface area contributed by atoms with Crippen LogP contribution in [0.3, 0.4) is 0 Å². The summed E-state index contributed by atoms with van der Waals surface area (Å²) in [5.74, 6) is 2.20. The lowest BCUT2D eigenvalue weighted by atomic mass is 9.88. The highest BCUT2D eigenvalue weighted by Gasteiger charge is 2.25. The summed E-state index contributed by atoms with van der Waals surface area (Å²) in [5, 5.41) is 14.7. The van der Waals surface area contributed by atoms with E-state index in [9.17, 15) is 4.79 Å². The van der Waals surface area contributed by atoms with Crippen molar-refractivity contribution < 1.29 is 4.79 Å². The first kappa shape index (κ1) is 16.1. The average molecular weight is 363 g/mol. The van der Waals surface area contributed by atoms with Gasteiger partial charge in [0.25, 0.3) is 0 Å². The van der Waals surface area contributed by atoms with Crippen LogP contribution in [0.4, 0.5) is 0 Å². The van der Waals surface area contributed by atoms with Gasteiger partial charge in [-0.1, -0.05) is 18.7 Å². The zero-order valence-corrected chi connectivity index (χ0v) is 15.7. The second kappa shape index (κ2) is 6.52. The SMILES string of the molecule is CC1CCc2c(-c3nnc(SCC(=O)NC4CC4)n3C)csc2C1. The summed E-state index contributed by atoms with van der Waals surface area (Å²) in [6.45, 7) is 2.33. The van der Waals surface area contributed by atoms with Crippen LogP contribution >= 0.6 is 23.1 Å². The van der Waals surface area contributed by atoms with Gasteiger partial charge in [-0.3, -0.25) is 4.79 Å². The van der Waals surface area contributed by atoms with E-state index in [4.69, 9.17) is 0 Å². The Morgan fingerprint density at radius 2 is 2.25 bits per heavy atom. The zero-order valence-electron chi connectivity index (χ0n) is 14.0. The Kier molecular flexibility index (Phi) is 4.39. The Balaban J connectivity index is 1.49. The highest BCUT2D eigenvalue weighted by Crippen LogP contribution is 2.38. The molecule has 1 saturated carbocycles. The molecule has 0 bridgehead atoms. The van der Waals surface area contributed by atoms with E-state index in [1.165, 1.54) is 40.6 Å². The number of rotatable bonds is 5. The lowest BCUT2D eigenvalue weighted by Gasteiger charge is -2.18. The number of hydrogen-bond donors (Lipinski definition) is 1. The summed E-state index contributed by atoms with van der Waals surface area (Å²) < 4.78 is 2.02. The number of thiophene rings is 1.